The summed E-state index contributed by atoms with van der Waals surface area (Å²) in [5.74, 6) is 0.843. The fourth-order valence-corrected chi connectivity index (χ4v) is 3.64. The molecule has 31 heavy (non-hydrogen) atoms. The maximum absolute atomic E-state index is 12.7. The molecular formula is C19H14N8O4. The minimum absolute atomic E-state index is 0.0899. The van der Waals surface area contributed by atoms with Gasteiger partial charge in [0.2, 0.25) is 5.95 Å². The number of ether oxygens (including phenoxy) is 1. The number of rotatable bonds is 4. The number of benzene rings is 2. The lowest BCUT2D eigenvalue weighted by atomic mass is 9.92. The van der Waals surface area contributed by atoms with Crippen molar-refractivity contribution in [2.75, 3.05) is 12.4 Å². The Labute approximate surface area is 173 Å². The fourth-order valence-electron chi connectivity index (χ4n) is 3.64. The number of hydrogen-bond donors (Lipinski definition) is 2. The minimum atomic E-state index is -0.725. The summed E-state index contributed by atoms with van der Waals surface area (Å²) in [4.78, 5) is 23.5. The van der Waals surface area contributed by atoms with Crippen LogP contribution < -0.4 is 15.6 Å². The van der Waals surface area contributed by atoms with E-state index in [-0.39, 0.29) is 17.3 Å². The standard InChI is InChI=1S/C19H14N8O4/c1-31-13-7-3-4-10(9-13)15-14-16(18(28)22-21-15)20-19-23-24-25-26(19)17(14)11-5-2-6-12(8-11)27(29)30/h2-9,17H,1H3,(H,22,28)(H,20,23,25)/t17-/m0/s1. The van der Waals surface area contributed by atoms with Crippen molar-refractivity contribution in [1.82, 2.24) is 30.4 Å². The molecule has 5 rings (SSSR count). The Morgan fingerprint density at radius 2 is 2.03 bits per heavy atom. The molecule has 154 valence electrons. The highest BCUT2D eigenvalue weighted by molar-refractivity contribution is 5.76. The predicted molar refractivity (Wildman–Crippen MR) is 108 cm³/mol. The first-order valence-corrected chi connectivity index (χ1v) is 9.13. The van der Waals surface area contributed by atoms with E-state index in [1.165, 1.54) is 16.8 Å². The average Bonchev–Trinajstić information content (AvgIpc) is 3.26. The maximum atomic E-state index is 12.7. The summed E-state index contributed by atoms with van der Waals surface area (Å²) in [6, 6.07) is 12.6. The number of nitro groups is 1. The number of non-ortho nitro benzene ring substituents is 1. The highest BCUT2D eigenvalue weighted by Gasteiger charge is 2.35. The number of nitro benzene ring substituents is 1. The molecule has 0 radical (unpaired) electrons. The molecule has 2 N–H and O–H groups in total. The zero-order chi connectivity index (χ0) is 21.5. The smallest absolute Gasteiger partial charge is 0.288 e. The van der Waals surface area contributed by atoms with E-state index in [1.54, 1.807) is 37.4 Å². The Kier molecular flexibility index (Phi) is 4.17. The zero-order valence-electron chi connectivity index (χ0n) is 16.0. The topological polar surface area (TPSA) is 154 Å². The van der Waals surface area contributed by atoms with E-state index in [9.17, 15) is 14.9 Å². The molecule has 2 aromatic heterocycles. The van der Waals surface area contributed by atoms with Gasteiger partial charge in [-0.2, -0.15) is 9.78 Å². The molecule has 4 aromatic rings. The first kappa shape index (κ1) is 18.4. The normalized spacial score (nSPS) is 14.3. The van der Waals surface area contributed by atoms with E-state index < -0.39 is 16.5 Å². The fraction of sp³-hybridized carbons (Fsp3) is 0.105. The molecule has 1 aliphatic heterocycles. The van der Waals surface area contributed by atoms with E-state index in [1.807, 2.05) is 6.07 Å². The van der Waals surface area contributed by atoms with Crippen molar-refractivity contribution in [3.05, 3.63) is 80.1 Å². The van der Waals surface area contributed by atoms with Crippen LogP contribution in [0, 0.1) is 10.1 Å². The predicted octanol–water partition coefficient (Wildman–Crippen LogP) is 2.03. The van der Waals surface area contributed by atoms with Gasteiger partial charge >= 0.3 is 0 Å². The Bertz CT molecular complexity index is 1380. The number of nitrogens with zero attached hydrogens (tertiary/aromatic N) is 6. The van der Waals surface area contributed by atoms with E-state index >= 15 is 0 Å². The molecule has 12 heteroatoms. The van der Waals surface area contributed by atoms with E-state index in [2.05, 4.69) is 31.0 Å². The van der Waals surface area contributed by atoms with Gasteiger partial charge in [0.05, 0.1) is 17.7 Å². The van der Waals surface area contributed by atoms with Crippen molar-refractivity contribution in [3.63, 3.8) is 0 Å². The van der Waals surface area contributed by atoms with Gasteiger partial charge in [-0.15, -0.1) is 0 Å². The summed E-state index contributed by atoms with van der Waals surface area (Å²) in [7, 11) is 1.55. The summed E-state index contributed by atoms with van der Waals surface area (Å²) < 4.78 is 6.78. The first-order chi connectivity index (χ1) is 15.1. The van der Waals surface area contributed by atoms with Gasteiger partial charge in [0.1, 0.15) is 17.5 Å². The van der Waals surface area contributed by atoms with Crippen molar-refractivity contribution < 1.29 is 9.66 Å². The molecule has 0 saturated heterocycles. The van der Waals surface area contributed by atoms with Crippen LogP contribution in [-0.2, 0) is 0 Å². The second-order valence-corrected chi connectivity index (χ2v) is 6.75. The number of aromatic amines is 1. The number of fused-ring (bicyclic) bond motifs is 2. The molecule has 0 amide bonds. The molecule has 0 aliphatic carbocycles. The Balaban J connectivity index is 1.81. The third-order valence-electron chi connectivity index (χ3n) is 5.01. The number of methoxy groups -OCH3 is 1. The first-order valence-electron chi connectivity index (χ1n) is 9.13. The quantitative estimate of drug-likeness (QED) is 0.329. The van der Waals surface area contributed by atoms with Gasteiger partial charge in [-0.05, 0) is 28.1 Å². The molecule has 0 spiro atoms. The summed E-state index contributed by atoms with van der Waals surface area (Å²) in [5, 5.41) is 32.7. The van der Waals surface area contributed by atoms with Crippen molar-refractivity contribution in [2.45, 2.75) is 6.04 Å². The van der Waals surface area contributed by atoms with Crippen LogP contribution in [0.5, 0.6) is 5.75 Å². The van der Waals surface area contributed by atoms with Crippen molar-refractivity contribution in [2.24, 2.45) is 0 Å². The van der Waals surface area contributed by atoms with Crippen LogP contribution in [-0.4, -0.2) is 42.4 Å². The highest BCUT2D eigenvalue weighted by atomic mass is 16.6. The largest absolute Gasteiger partial charge is 0.497 e. The Morgan fingerprint density at radius 3 is 2.84 bits per heavy atom. The zero-order valence-corrected chi connectivity index (χ0v) is 16.0. The van der Waals surface area contributed by atoms with Crippen LogP contribution in [0.15, 0.2) is 53.3 Å². The van der Waals surface area contributed by atoms with Crippen LogP contribution in [0.25, 0.3) is 11.3 Å². The minimum Gasteiger partial charge on any atom is -0.497 e. The van der Waals surface area contributed by atoms with Crippen molar-refractivity contribution in [3.8, 4) is 17.0 Å². The van der Waals surface area contributed by atoms with Crippen LogP contribution in [0.4, 0.5) is 17.3 Å². The number of aromatic nitrogens is 6. The van der Waals surface area contributed by atoms with Gasteiger partial charge < -0.3 is 10.1 Å². The molecule has 3 heterocycles. The number of tetrazole rings is 1. The third kappa shape index (κ3) is 2.97. The van der Waals surface area contributed by atoms with Crippen LogP contribution >= 0.6 is 0 Å². The SMILES string of the molecule is COc1cccc(-c2n[nH]c(=O)c3c2[C@H](c2cccc([N+](=O)[O-])c2)n2nnnc2N3)c1. The summed E-state index contributed by atoms with van der Waals surface area (Å²) >= 11 is 0. The Morgan fingerprint density at radius 1 is 1.19 bits per heavy atom. The van der Waals surface area contributed by atoms with Gasteiger partial charge in [0.15, 0.2) is 0 Å². The molecule has 0 saturated carbocycles. The number of anilines is 2. The molecule has 1 atom stereocenters. The second-order valence-electron chi connectivity index (χ2n) is 6.75. The average molecular weight is 418 g/mol. The molecular weight excluding hydrogens is 404 g/mol. The van der Waals surface area contributed by atoms with Crippen molar-refractivity contribution in [1.29, 1.82) is 0 Å². The van der Waals surface area contributed by atoms with Crippen LogP contribution in [0.3, 0.4) is 0 Å². The van der Waals surface area contributed by atoms with Crippen LogP contribution in [0.2, 0.25) is 0 Å². The van der Waals surface area contributed by atoms with E-state index in [4.69, 9.17) is 4.74 Å². The number of H-pyrrole nitrogens is 1. The number of hydrogen-bond acceptors (Lipinski definition) is 9. The summed E-state index contributed by atoms with van der Waals surface area (Å²) in [5.41, 5.74) is 1.81. The molecule has 1 aliphatic rings. The van der Waals surface area contributed by atoms with Gasteiger partial charge in [0.25, 0.3) is 11.2 Å². The van der Waals surface area contributed by atoms with Gasteiger partial charge in [-0.25, -0.2) is 5.10 Å². The molecule has 12 nitrogen and oxygen atoms in total. The maximum Gasteiger partial charge on any atom is 0.288 e. The molecule has 0 fully saturated rings. The lowest BCUT2D eigenvalue weighted by Gasteiger charge is -2.27. The van der Waals surface area contributed by atoms with Crippen LogP contribution in [0.1, 0.15) is 17.2 Å². The lowest BCUT2D eigenvalue weighted by molar-refractivity contribution is -0.384. The monoisotopic (exact) mass is 418 g/mol. The Hall–Kier alpha value is -4.61. The molecule has 0 bridgehead atoms. The second kappa shape index (κ2) is 7.02. The lowest BCUT2D eigenvalue weighted by Crippen LogP contribution is -2.29. The summed E-state index contributed by atoms with van der Waals surface area (Å²) in [6.07, 6.45) is 0. The van der Waals surface area contributed by atoms with E-state index in [0.717, 1.165) is 0 Å². The highest BCUT2D eigenvalue weighted by Crippen LogP contribution is 2.41. The van der Waals surface area contributed by atoms with E-state index in [0.29, 0.717) is 28.1 Å². The van der Waals surface area contributed by atoms with Crippen molar-refractivity contribution >= 4 is 17.3 Å². The molecule has 0 unspecified atom stereocenters. The number of nitrogens with one attached hydrogen (secondary N) is 2. The third-order valence-corrected chi connectivity index (χ3v) is 5.01. The van der Waals surface area contributed by atoms with Gasteiger partial charge in [-0.3, -0.25) is 14.9 Å². The van der Waals surface area contributed by atoms with Gasteiger partial charge in [-0.1, -0.05) is 29.4 Å². The van der Waals surface area contributed by atoms with Gasteiger partial charge in [0, 0.05) is 23.3 Å². The summed E-state index contributed by atoms with van der Waals surface area (Å²) in [6.45, 7) is 0. The molecule has 2 aromatic carbocycles.